The van der Waals surface area contributed by atoms with Crippen molar-refractivity contribution in [1.82, 2.24) is 9.80 Å². The maximum atomic E-state index is 12.1. The molecule has 0 aromatic heterocycles. The van der Waals surface area contributed by atoms with Crippen LogP contribution in [0, 0.1) is 0 Å². The Balaban J connectivity index is 2.38. The number of hydrogen-bond donors (Lipinski definition) is 1. The number of piperazine rings is 1. The lowest BCUT2D eigenvalue weighted by molar-refractivity contribution is -0.134. The van der Waals surface area contributed by atoms with Gasteiger partial charge in [-0.1, -0.05) is 20.3 Å². The van der Waals surface area contributed by atoms with Crippen molar-refractivity contribution in [2.75, 3.05) is 26.2 Å². The van der Waals surface area contributed by atoms with E-state index in [9.17, 15) is 4.79 Å². The predicted molar refractivity (Wildman–Crippen MR) is 70.8 cm³/mol. The highest BCUT2D eigenvalue weighted by Crippen LogP contribution is 2.11. The average molecular weight is 241 g/mol. The molecule has 0 aromatic carbocycles. The Bertz CT molecular complexity index is 245. The van der Waals surface area contributed by atoms with Crippen molar-refractivity contribution in [2.45, 2.75) is 52.1 Å². The lowest BCUT2D eigenvalue weighted by Gasteiger charge is -2.39. The SMILES string of the molecule is CCCC(N)CC(=O)N1CCN(CC)C(C)C1. The Morgan fingerprint density at radius 3 is 2.65 bits per heavy atom. The summed E-state index contributed by atoms with van der Waals surface area (Å²) in [6.07, 6.45) is 2.50. The van der Waals surface area contributed by atoms with Gasteiger partial charge in [0, 0.05) is 38.1 Å². The third-order valence-electron chi connectivity index (χ3n) is 3.62. The van der Waals surface area contributed by atoms with Gasteiger partial charge in [0.2, 0.25) is 5.91 Å². The van der Waals surface area contributed by atoms with E-state index < -0.39 is 0 Å². The van der Waals surface area contributed by atoms with E-state index in [0.717, 1.165) is 39.0 Å². The molecule has 2 atom stereocenters. The van der Waals surface area contributed by atoms with Gasteiger partial charge >= 0.3 is 0 Å². The zero-order valence-corrected chi connectivity index (χ0v) is 11.5. The molecule has 1 rings (SSSR count). The van der Waals surface area contributed by atoms with Crippen LogP contribution in [0.1, 0.15) is 40.0 Å². The lowest BCUT2D eigenvalue weighted by atomic mass is 10.1. The number of likely N-dealkylation sites (N-methyl/N-ethyl adjacent to an activating group) is 1. The Kier molecular flexibility index (Phi) is 5.92. The molecule has 0 saturated carbocycles. The first kappa shape index (κ1) is 14.5. The molecule has 17 heavy (non-hydrogen) atoms. The Hall–Kier alpha value is -0.610. The Labute approximate surface area is 105 Å². The first-order valence-electron chi connectivity index (χ1n) is 6.85. The van der Waals surface area contributed by atoms with Crippen LogP contribution in [0.5, 0.6) is 0 Å². The van der Waals surface area contributed by atoms with E-state index in [0.29, 0.717) is 12.5 Å². The van der Waals surface area contributed by atoms with Crippen LogP contribution >= 0.6 is 0 Å². The highest BCUT2D eigenvalue weighted by Gasteiger charge is 2.26. The van der Waals surface area contributed by atoms with Gasteiger partial charge in [-0.15, -0.1) is 0 Å². The number of amides is 1. The largest absolute Gasteiger partial charge is 0.340 e. The van der Waals surface area contributed by atoms with Crippen LogP contribution in [0.25, 0.3) is 0 Å². The molecular formula is C13H27N3O. The van der Waals surface area contributed by atoms with Crippen LogP contribution < -0.4 is 5.73 Å². The summed E-state index contributed by atoms with van der Waals surface area (Å²) in [5.74, 6) is 0.230. The molecule has 0 bridgehead atoms. The van der Waals surface area contributed by atoms with Crippen LogP contribution in [-0.2, 0) is 4.79 Å². The molecule has 1 amide bonds. The third-order valence-corrected chi connectivity index (χ3v) is 3.62. The van der Waals surface area contributed by atoms with E-state index in [4.69, 9.17) is 5.73 Å². The number of rotatable bonds is 5. The van der Waals surface area contributed by atoms with Crippen LogP contribution in [0.2, 0.25) is 0 Å². The fourth-order valence-corrected chi connectivity index (χ4v) is 2.52. The van der Waals surface area contributed by atoms with Crippen LogP contribution in [0.4, 0.5) is 0 Å². The average Bonchev–Trinajstić information content (AvgIpc) is 2.29. The van der Waals surface area contributed by atoms with Gasteiger partial charge in [0.15, 0.2) is 0 Å². The van der Waals surface area contributed by atoms with E-state index in [2.05, 4.69) is 25.7 Å². The molecular weight excluding hydrogens is 214 g/mol. The molecule has 4 nitrogen and oxygen atoms in total. The number of carbonyl (C=O) groups excluding carboxylic acids is 1. The van der Waals surface area contributed by atoms with Crippen molar-refractivity contribution in [1.29, 1.82) is 0 Å². The zero-order valence-electron chi connectivity index (χ0n) is 11.5. The smallest absolute Gasteiger partial charge is 0.224 e. The minimum absolute atomic E-state index is 0.0343. The quantitative estimate of drug-likeness (QED) is 0.783. The summed E-state index contributed by atoms with van der Waals surface area (Å²) < 4.78 is 0. The molecule has 1 heterocycles. The van der Waals surface area contributed by atoms with Crippen LogP contribution in [-0.4, -0.2) is 54.0 Å². The van der Waals surface area contributed by atoms with Gasteiger partial charge in [0.05, 0.1) is 0 Å². The topological polar surface area (TPSA) is 49.6 Å². The molecule has 1 fully saturated rings. The van der Waals surface area contributed by atoms with Crippen molar-refractivity contribution in [2.24, 2.45) is 5.73 Å². The normalized spacial score (nSPS) is 23.8. The monoisotopic (exact) mass is 241 g/mol. The fraction of sp³-hybridized carbons (Fsp3) is 0.923. The standard InChI is InChI=1S/C13H27N3O/c1-4-6-12(14)9-13(17)16-8-7-15(5-2)11(3)10-16/h11-12H,4-10,14H2,1-3H3. The van der Waals surface area contributed by atoms with Crippen molar-refractivity contribution < 1.29 is 4.79 Å². The summed E-state index contributed by atoms with van der Waals surface area (Å²) in [5, 5.41) is 0. The molecule has 0 radical (unpaired) electrons. The lowest BCUT2D eigenvalue weighted by Crippen LogP contribution is -2.54. The molecule has 1 aliphatic heterocycles. The van der Waals surface area contributed by atoms with E-state index in [1.165, 1.54) is 0 Å². The summed E-state index contributed by atoms with van der Waals surface area (Å²) in [4.78, 5) is 16.4. The van der Waals surface area contributed by atoms with E-state index >= 15 is 0 Å². The molecule has 1 saturated heterocycles. The van der Waals surface area contributed by atoms with E-state index in [-0.39, 0.29) is 11.9 Å². The summed E-state index contributed by atoms with van der Waals surface area (Å²) in [6, 6.07) is 0.507. The second kappa shape index (κ2) is 6.97. The van der Waals surface area contributed by atoms with Crippen molar-refractivity contribution in [3.63, 3.8) is 0 Å². The van der Waals surface area contributed by atoms with Gasteiger partial charge in [-0.25, -0.2) is 0 Å². The summed E-state index contributed by atoms with van der Waals surface area (Å²) in [5.41, 5.74) is 5.92. The second-order valence-electron chi connectivity index (χ2n) is 5.07. The molecule has 2 unspecified atom stereocenters. The van der Waals surface area contributed by atoms with Gasteiger partial charge in [-0.3, -0.25) is 9.69 Å². The first-order valence-corrected chi connectivity index (χ1v) is 6.85. The molecule has 100 valence electrons. The van der Waals surface area contributed by atoms with Gasteiger partial charge in [-0.2, -0.15) is 0 Å². The van der Waals surface area contributed by atoms with Gasteiger partial charge in [0.1, 0.15) is 0 Å². The van der Waals surface area contributed by atoms with Crippen molar-refractivity contribution >= 4 is 5.91 Å². The molecule has 0 spiro atoms. The summed E-state index contributed by atoms with van der Waals surface area (Å²) >= 11 is 0. The number of nitrogens with two attached hydrogens (primary N) is 1. The zero-order chi connectivity index (χ0) is 12.8. The van der Waals surface area contributed by atoms with Crippen molar-refractivity contribution in [3.8, 4) is 0 Å². The first-order chi connectivity index (χ1) is 8.08. The van der Waals surface area contributed by atoms with Crippen LogP contribution in [0.3, 0.4) is 0 Å². The predicted octanol–water partition coefficient (Wildman–Crippen LogP) is 1.06. The Morgan fingerprint density at radius 1 is 1.41 bits per heavy atom. The summed E-state index contributed by atoms with van der Waals surface area (Å²) in [7, 11) is 0. The second-order valence-corrected chi connectivity index (χ2v) is 5.07. The van der Waals surface area contributed by atoms with Crippen LogP contribution in [0.15, 0.2) is 0 Å². The van der Waals surface area contributed by atoms with Gasteiger partial charge in [0.25, 0.3) is 0 Å². The highest BCUT2D eigenvalue weighted by molar-refractivity contribution is 5.77. The van der Waals surface area contributed by atoms with Gasteiger partial charge < -0.3 is 10.6 Å². The molecule has 0 aliphatic carbocycles. The maximum absolute atomic E-state index is 12.1. The fourth-order valence-electron chi connectivity index (χ4n) is 2.52. The molecule has 0 aromatic rings. The number of hydrogen-bond acceptors (Lipinski definition) is 3. The Morgan fingerprint density at radius 2 is 2.12 bits per heavy atom. The van der Waals surface area contributed by atoms with Crippen molar-refractivity contribution in [3.05, 3.63) is 0 Å². The minimum atomic E-state index is 0.0343. The maximum Gasteiger partial charge on any atom is 0.224 e. The molecule has 1 aliphatic rings. The third kappa shape index (κ3) is 4.28. The van der Waals surface area contributed by atoms with E-state index in [1.54, 1.807) is 0 Å². The molecule has 4 heteroatoms. The van der Waals surface area contributed by atoms with E-state index in [1.807, 2.05) is 4.90 Å². The summed E-state index contributed by atoms with van der Waals surface area (Å²) in [6.45, 7) is 10.2. The molecule has 2 N–H and O–H groups in total. The minimum Gasteiger partial charge on any atom is -0.340 e. The number of carbonyl (C=O) groups is 1. The number of nitrogens with zero attached hydrogens (tertiary/aromatic N) is 2. The van der Waals surface area contributed by atoms with Gasteiger partial charge in [-0.05, 0) is 19.9 Å². The highest BCUT2D eigenvalue weighted by atomic mass is 16.2.